The van der Waals surface area contributed by atoms with E-state index in [0.717, 1.165) is 23.0 Å². The van der Waals surface area contributed by atoms with Crippen molar-refractivity contribution < 1.29 is 18.3 Å². The van der Waals surface area contributed by atoms with Crippen LogP contribution in [0.2, 0.25) is 0 Å². The normalized spacial score (nSPS) is 11.2. The molecule has 19 heavy (non-hydrogen) atoms. The molecule has 0 radical (unpaired) electrons. The number of sulfonamides is 1. The summed E-state index contributed by atoms with van der Waals surface area (Å²) in [6.07, 6.45) is 0. The zero-order valence-corrected chi connectivity index (χ0v) is 11.6. The van der Waals surface area contributed by atoms with Gasteiger partial charge in [0.2, 0.25) is 0 Å². The van der Waals surface area contributed by atoms with Gasteiger partial charge in [0.1, 0.15) is 4.21 Å². The minimum Gasteiger partial charge on any atom is -0.478 e. The van der Waals surface area contributed by atoms with Gasteiger partial charge in [-0.2, -0.15) is 0 Å². The molecule has 2 N–H and O–H groups in total. The van der Waals surface area contributed by atoms with Gasteiger partial charge in [0.25, 0.3) is 10.0 Å². The summed E-state index contributed by atoms with van der Waals surface area (Å²) in [5, 5.41) is 10.1. The molecule has 1 aromatic heterocycles. The molecule has 0 unspecified atom stereocenters. The van der Waals surface area contributed by atoms with E-state index < -0.39 is 16.0 Å². The van der Waals surface area contributed by atoms with Crippen LogP contribution < -0.4 is 4.72 Å². The van der Waals surface area contributed by atoms with Crippen molar-refractivity contribution in [2.45, 2.75) is 11.1 Å². The number of anilines is 1. The molecular formula is C12H11NO4S2. The van der Waals surface area contributed by atoms with Crippen LogP contribution in [0.1, 0.15) is 15.9 Å². The van der Waals surface area contributed by atoms with Gasteiger partial charge in [-0.1, -0.05) is 18.2 Å². The monoisotopic (exact) mass is 297 g/mol. The topological polar surface area (TPSA) is 83.5 Å². The molecule has 0 fully saturated rings. The Hall–Kier alpha value is -1.86. The summed E-state index contributed by atoms with van der Waals surface area (Å²) in [5.41, 5.74) is 1.24. The Labute approximate surface area is 114 Å². The minimum atomic E-state index is -3.74. The van der Waals surface area contributed by atoms with E-state index in [1.54, 1.807) is 31.2 Å². The molecule has 0 saturated heterocycles. The maximum atomic E-state index is 12.1. The van der Waals surface area contributed by atoms with E-state index >= 15 is 0 Å². The van der Waals surface area contributed by atoms with Crippen LogP contribution in [0.3, 0.4) is 0 Å². The molecule has 2 aromatic rings. The lowest BCUT2D eigenvalue weighted by molar-refractivity contribution is 0.0697. The van der Waals surface area contributed by atoms with Crippen molar-refractivity contribution in [3.05, 3.63) is 46.8 Å². The number of rotatable bonds is 4. The molecule has 0 amide bonds. The smallest absolute Gasteiger partial charge is 0.336 e. The summed E-state index contributed by atoms with van der Waals surface area (Å²) in [6.45, 7) is 1.79. The second-order valence-corrected chi connectivity index (χ2v) is 6.70. The molecule has 7 heteroatoms. The Balaban J connectivity index is 2.32. The lowest BCUT2D eigenvalue weighted by Crippen LogP contribution is -2.12. The number of aryl methyl sites for hydroxylation is 1. The quantitative estimate of drug-likeness (QED) is 0.908. The predicted octanol–water partition coefficient (Wildman–Crippen LogP) is 2.56. The molecule has 0 aliphatic rings. The second-order valence-electron chi connectivity index (χ2n) is 3.88. The fourth-order valence-electron chi connectivity index (χ4n) is 1.45. The number of benzene rings is 1. The highest BCUT2D eigenvalue weighted by Gasteiger charge is 2.19. The van der Waals surface area contributed by atoms with Crippen molar-refractivity contribution in [2.24, 2.45) is 0 Å². The van der Waals surface area contributed by atoms with Gasteiger partial charge in [-0.3, -0.25) is 4.72 Å². The first-order valence-electron chi connectivity index (χ1n) is 5.30. The van der Waals surface area contributed by atoms with Crippen molar-refractivity contribution >= 4 is 33.0 Å². The molecule has 0 atom stereocenters. The summed E-state index contributed by atoms with van der Waals surface area (Å²) < 4.78 is 26.6. The fraction of sp³-hybridized carbons (Fsp3) is 0.0833. The number of carbonyl (C=O) groups is 1. The molecule has 5 nitrogen and oxygen atoms in total. The number of carboxylic acids is 1. The van der Waals surface area contributed by atoms with Crippen LogP contribution in [0.15, 0.2) is 39.9 Å². The number of nitrogens with one attached hydrogen (secondary N) is 1. The molecule has 0 aliphatic carbocycles. The number of para-hydroxylation sites is 1. The Morgan fingerprint density at radius 2 is 2.00 bits per heavy atom. The third-order valence-corrected chi connectivity index (χ3v) is 5.28. The van der Waals surface area contributed by atoms with Crippen molar-refractivity contribution in [3.63, 3.8) is 0 Å². The van der Waals surface area contributed by atoms with Gasteiger partial charge < -0.3 is 5.11 Å². The number of hydrogen-bond donors (Lipinski definition) is 2. The fourth-order valence-corrected chi connectivity index (χ4v) is 3.74. The average Bonchev–Trinajstić information content (AvgIpc) is 2.82. The van der Waals surface area contributed by atoms with Crippen LogP contribution in [0, 0.1) is 6.92 Å². The van der Waals surface area contributed by atoms with Gasteiger partial charge in [0.15, 0.2) is 0 Å². The average molecular weight is 297 g/mol. The Kier molecular flexibility index (Phi) is 3.59. The molecule has 100 valence electrons. The standard InChI is InChI=1S/C12H11NO4S2/c1-8-4-2-3-5-10(8)13-19(16,17)11-6-9(7-18-11)12(14)15/h2-7,13H,1H3,(H,14,15). The van der Waals surface area contributed by atoms with Crippen LogP contribution in [0.25, 0.3) is 0 Å². The van der Waals surface area contributed by atoms with E-state index in [0.29, 0.717) is 5.69 Å². The maximum absolute atomic E-state index is 12.1. The number of aromatic carboxylic acids is 1. The van der Waals surface area contributed by atoms with Crippen LogP contribution >= 0.6 is 11.3 Å². The van der Waals surface area contributed by atoms with Crippen molar-refractivity contribution in [3.8, 4) is 0 Å². The molecule has 0 saturated carbocycles. The number of hydrogen-bond acceptors (Lipinski definition) is 4. The molecule has 0 aliphatic heterocycles. The predicted molar refractivity (Wildman–Crippen MR) is 73.3 cm³/mol. The molecule has 1 aromatic carbocycles. The van der Waals surface area contributed by atoms with E-state index in [9.17, 15) is 13.2 Å². The van der Waals surface area contributed by atoms with E-state index in [4.69, 9.17) is 5.11 Å². The van der Waals surface area contributed by atoms with Crippen molar-refractivity contribution in [2.75, 3.05) is 4.72 Å². The third-order valence-electron chi connectivity index (χ3n) is 2.48. The summed E-state index contributed by atoms with van der Waals surface area (Å²) in [7, 11) is -3.74. The zero-order chi connectivity index (χ0) is 14.0. The Morgan fingerprint density at radius 3 is 2.58 bits per heavy atom. The highest BCUT2D eigenvalue weighted by molar-refractivity contribution is 7.94. The Bertz CT molecular complexity index is 719. The van der Waals surface area contributed by atoms with Gasteiger partial charge in [-0.25, -0.2) is 13.2 Å². The molecular weight excluding hydrogens is 286 g/mol. The zero-order valence-electron chi connectivity index (χ0n) is 9.95. The first kappa shape index (κ1) is 13.6. The number of carboxylic acid groups (broad SMARTS) is 1. The van der Waals surface area contributed by atoms with Gasteiger partial charge in [-0.05, 0) is 24.6 Å². The van der Waals surface area contributed by atoms with Crippen LogP contribution in [0.4, 0.5) is 5.69 Å². The van der Waals surface area contributed by atoms with E-state index in [1.807, 2.05) is 0 Å². The molecule has 0 bridgehead atoms. The molecule has 0 spiro atoms. The largest absolute Gasteiger partial charge is 0.478 e. The van der Waals surface area contributed by atoms with Gasteiger partial charge in [0.05, 0.1) is 11.3 Å². The molecule has 1 heterocycles. The lowest BCUT2D eigenvalue weighted by atomic mass is 10.2. The van der Waals surface area contributed by atoms with E-state index in [-0.39, 0.29) is 9.77 Å². The molecule has 2 rings (SSSR count). The highest BCUT2D eigenvalue weighted by atomic mass is 32.2. The minimum absolute atomic E-state index is 0.0202. The first-order chi connectivity index (χ1) is 8.90. The highest BCUT2D eigenvalue weighted by Crippen LogP contribution is 2.24. The SMILES string of the molecule is Cc1ccccc1NS(=O)(=O)c1cc(C(=O)O)cs1. The van der Waals surface area contributed by atoms with Crippen LogP contribution in [-0.4, -0.2) is 19.5 Å². The van der Waals surface area contributed by atoms with Crippen molar-refractivity contribution in [1.29, 1.82) is 0 Å². The summed E-state index contributed by atoms with van der Waals surface area (Å²) in [4.78, 5) is 10.7. The summed E-state index contributed by atoms with van der Waals surface area (Å²) >= 11 is 0.879. The summed E-state index contributed by atoms with van der Waals surface area (Å²) in [6, 6.07) is 8.11. The summed E-state index contributed by atoms with van der Waals surface area (Å²) in [5.74, 6) is -1.14. The van der Waals surface area contributed by atoms with Crippen LogP contribution in [-0.2, 0) is 10.0 Å². The third kappa shape index (κ3) is 2.94. The van der Waals surface area contributed by atoms with Gasteiger partial charge >= 0.3 is 5.97 Å². The Morgan fingerprint density at radius 1 is 1.32 bits per heavy atom. The van der Waals surface area contributed by atoms with Crippen LogP contribution in [0.5, 0.6) is 0 Å². The van der Waals surface area contributed by atoms with Gasteiger partial charge in [-0.15, -0.1) is 11.3 Å². The first-order valence-corrected chi connectivity index (χ1v) is 7.67. The lowest BCUT2D eigenvalue weighted by Gasteiger charge is -2.08. The maximum Gasteiger partial charge on any atom is 0.336 e. The van der Waals surface area contributed by atoms with Gasteiger partial charge in [0, 0.05) is 5.38 Å². The van der Waals surface area contributed by atoms with Crippen molar-refractivity contribution in [1.82, 2.24) is 0 Å². The van der Waals surface area contributed by atoms with E-state index in [2.05, 4.69) is 4.72 Å². The second kappa shape index (κ2) is 5.02. The van der Waals surface area contributed by atoms with E-state index in [1.165, 1.54) is 5.38 Å². The number of thiophene rings is 1.